The number of nitrogens with one attached hydrogen (secondary N) is 1. The first-order valence-electron chi connectivity index (χ1n) is 9.41. The van der Waals surface area contributed by atoms with E-state index in [1.807, 2.05) is 36.7 Å². The smallest absolute Gasteiger partial charge is 0.251 e. The molecule has 2 aromatic carbocycles. The number of halogens is 1. The molecular formula is C22H24ClN3O3. The molecule has 29 heavy (non-hydrogen) atoms. The number of aryl methyl sites for hydroxylation is 1. The molecular weight excluding hydrogens is 390 g/mol. The minimum atomic E-state index is -0.303. The molecule has 7 heteroatoms. The SMILES string of the molecule is CCOc1cc(C(=O)NCc2c(C)nn(Cc3ccccc3)c2C)cc(Cl)c1O. The number of carbonyl (C=O) groups excluding carboxylic acids is 1. The predicted molar refractivity (Wildman–Crippen MR) is 113 cm³/mol. The summed E-state index contributed by atoms with van der Waals surface area (Å²) < 4.78 is 7.28. The molecule has 1 aromatic heterocycles. The number of ether oxygens (including phenoxy) is 1. The number of nitrogens with zero attached hydrogens (tertiary/aromatic N) is 2. The van der Waals surface area contributed by atoms with Gasteiger partial charge in [-0.05, 0) is 38.5 Å². The Morgan fingerprint density at radius 3 is 2.66 bits per heavy atom. The Kier molecular flexibility index (Phi) is 6.44. The van der Waals surface area contributed by atoms with Crippen LogP contribution in [0.2, 0.25) is 5.02 Å². The van der Waals surface area contributed by atoms with E-state index < -0.39 is 0 Å². The first-order chi connectivity index (χ1) is 13.9. The van der Waals surface area contributed by atoms with E-state index in [0.717, 1.165) is 22.5 Å². The van der Waals surface area contributed by atoms with E-state index in [1.165, 1.54) is 12.1 Å². The summed E-state index contributed by atoms with van der Waals surface area (Å²) in [4.78, 5) is 12.6. The average molecular weight is 414 g/mol. The fourth-order valence-corrected chi connectivity index (χ4v) is 3.35. The number of hydrogen-bond donors (Lipinski definition) is 2. The van der Waals surface area contributed by atoms with Gasteiger partial charge < -0.3 is 15.2 Å². The molecule has 3 rings (SSSR count). The quantitative estimate of drug-likeness (QED) is 0.607. The van der Waals surface area contributed by atoms with Gasteiger partial charge in [0.2, 0.25) is 0 Å². The van der Waals surface area contributed by atoms with Crippen molar-refractivity contribution in [1.82, 2.24) is 15.1 Å². The van der Waals surface area contributed by atoms with Gasteiger partial charge in [0.25, 0.3) is 5.91 Å². The molecule has 2 N–H and O–H groups in total. The highest BCUT2D eigenvalue weighted by molar-refractivity contribution is 6.32. The minimum Gasteiger partial charge on any atom is -0.503 e. The first kappa shape index (κ1) is 20.7. The van der Waals surface area contributed by atoms with Crippen LogP contribution in [-0.4, -0.2) is 27.4 Å². The molecule has 0 fully saturated rings. The molecule has 0 aliphatic heterocycles. The second-order valence-corrected chi connectivity index (χ2v) is 7.12. The normalized spacial score (nSPS) is 10.8. The molecule has 1 heterocycles. The molecule has 0 radical (unpaired) electrons. The molecule has 0 spiro atoms. The molecule has 0 unspecified atom stereocenters. The van der Waals surface area contributed by atoms with Crippen molar-refractivity contribution in [2.75, 3.05) is 6.61 Å². The van der Waals surface area contributed by atoms with Crippen LogP contribution in [0.4, 0.5) is 0 Å². The van der Waals surface area contributed by atoms with Gasteiger partial charge in [-0.3, -0.25) is 9.48 Å². The minimum absolute atomic E-state index is 0.0733. The van der Waals surface area contributed by atoms with Gasteiger partial charge in [-0.1, -0.05) is 41.9 Å². The maximum absolute atomic E-state index is 12.6. The monoisotopic (exact) mass is 413 g/mol. The molecule has 1 amide bonds. The summed E-state index contributed by atoms with van der Waals surface area (Å²) in [5.41, 5.74) is 4.34. The van der Waals surface area contributed by atoms with Crippen LogP contribution in [0.15, 0.2) is 42.5 Å². The Balaban J connectivity index is 1.74. The highest BCUT2D eigenvalue weighted by Gasteiger charge is 2.16. The van der Waals surface area contributed by atoms with Crippen molar-refractivity contribution in [3.05, 3.63) is 75.6 Å². The van der Waals surface area contributed by atoms with E-state index in [4.69, 9.17) is 16.3 Å². The molecule has 0 bridgehead atoms. The topological polar surface area (TPSA) is 76.4 Å². The Hall–Kier alpha value is -2.99. The van der Waals surface area contributed by atoms with Crippen LogP contribution in [-0.2, 0) is 13.1 Å². The van der Waals surface area contributed by atoms with E-state index in [2.05, 4.69) is 22.5 Å². The Labute approximate surface area is 175 Å². The molecule has 0 aliphatic carbocycles. The second-order valence-electron chi connectivity index (χ2n) is 6.71. The van der Waals surface area contributed by atoms with Crippen LogP contribution in [0, 0.1) is 13.8 Å². The standard InChI is InChI=1S/C22H24ClN3O3/c1-4-29-20-11-17(10-19(23)21(20)27)22(28)24-12-18-14(2)25-26(15(18)3)13-16-8-6-5-7-9-16/h5-11,27H,4,12-13H2,1-3H3,(H,24,28). The van der Waals surface area contributed by atoms with Gasteiger partial charge in [0.1, 0.15) is 0 Å². The lowest BCUT2D eigenvalue weighted by Crippen LogP contribution is -2.23. The van der Waals surface area contributed by atoms with Crippen molar-refractivity contribution in [2.24, 2.45) is 0 Å². The number of amides is 1. The van der Waals surface area contributed by atoms with E-state index in [9.17, 15) is 9.90 Å². The highest BCUT2D eigenvalue weighted by Crippen LogP contribution is 2.35. The van der Waals surface area contributed by atoms with Gasteiger partial charge in [-0.2, -0.15) is 5.10 Å². The van der Waals surface area contributed by atoms with E-state index >= 15 is 0 Å². The third-order valence-electron chi connectivity index (χ3n) is 4.72. The number of benzene rings is 2. The lowest BCUT2D eigenvalue weighted by Gasteiger charge is -2.11. The van der Waals surface area contributed by atoms with Crippen molar-refractivity contribution >= 4 is 17.5 Å². The highest BCUT2D eigenvalue weighted by atomic mass is 35.5. The van der Waals surface area contributed by atoms with Crippen molar-refractivity contribution < 1.29 is 14.6 Å². The first-order valence-corrected chi connectivity index (χ1v) is 9.78. The zero-order valence-corrected chi connectivity index (χ0v) is 17.5. The van der Waals surface area contributed by atoms with Crippen molar-refractivity contribution in [2.45, 2.75) is 33.9 Å². The lowest BCUT2D eigenvalue weighted by molar-refractivity contribution is 0.0950. The van der Waals surface area contributed by atoms with Gasteiger partial charge >= 0.3 is 0 Å². The van der Waals surface area contributed by atoms with Crippen molar-refractivity contribution in [3.8, 4) is 11.5 Å². The number of aromatic nitrogens is 2. The van der Waals surface area contributed by atoms with Crippen LogP contribution >= 0.6 is 11.6 Å². The molecule has 0 aliphatic rings. The van der Waals surface area contributed by atoms with E-state index in [-0.39, 0.29) is 22.4 Å². The second kappa shape index (κ2) is 9.01. The van der Waals surface area contributed by atoms with Crippen molar-refractivity contribution in [1.29, 1.82) is 0 Å². The number of hydrogen-bond acceptors (Lipinski definition) is 4. The number of carbonyl (C=O) groups is 1. The van der Waals surface area contributed by atoms with Crippen LogP contribution in [0.3, 0.4) is 0 Å². The number of phenolic OH excluding ortho intramolecular Hbond substituents is 1. The largest absolute Gasteiger partial charge is 0.503 e. The van der Waals surface area contributed by atoms with E-state index in [0.29, 0.717) is 25.3 Å². The predicted octanol–water partition coefficient (Wildman–Crippen LogP) is 4.24. The van der Waals surface area contributed by atoms with Gasteiger partial charge in [-0.25, -0.2) is 0 Å². The average Bonchev–Trinajstić information content (AvgIpc) is 2.97. The fourth-order valence-electron chi connectivity index (χ4n) is 3.14. The third kappa shape index (κ3) is 4.71. The number of aromatic hydroxyl groups is 1. The Morgan fingerprint density at radius 1 is 1.24 bits per heavy atom. The summed E-state index contributed by atoms with van der Waals surface area (Å²) in [5.74, 6) is -0.283. The zero-order chi connectivity index (χ0) is 21.0. The van der Waals surface area contributed by atoms with Gasteiger partial charge in [0.05, 0.1) is 23.9 Å². The zero-order valence-electron chi connectivity index (χ0n) is 16.7. The maximum Gasteiger partial charge on any atom is 0.251 e. The number of rotatable bonds is 7. The van der Waals surface area contributed by atoms with Crippen LogP contribution in [0.5, 0.6) is 11.5 Å². The molecule has 0 atom stereocenters. The number of phenols is 1. The van der Waals surface area contributed by atoms with Crippen LogP contribution in [0.25, 0.3) is 0 Å². The summed E-state index contributed by atoms with van der Waals surface area (Å²) in [6, 6.07) is 13.0. The van der Waals surface area contributed by atoms with Gasteiger partial charge in [0.15, 0.2) is 11.5 Å². The molecule has 0 saturated carbocycles. The summed E-state index contributed by atoms with van der Waals surface area (Å²) in [6.07, 6.45) is 0. The Morgan fingerprint density at radius 2 is 1.97 bits per heavy atom. The summed E-state index contributed by atoms with van der Waals surface area (Å²) in [5, 5.41) is 17.5. The van der Waals surface area contributed by atoms with Gasteiger partial charge in [-0.15, -0.1) is 0 Å². The van der Waals surface area contributed by atoms with Gasteiger partial charge in [0, 0.05) is 23.4 Å². The summed E-state index contributed by atoms with van der Waals surface area (Å²) in [7, 11) is 0. The fraction of sp³-hybridized carbons (Fsp3) is 0.273. The lowest BCUT2D eigenvalue weighted by atomic mass is 10.1. The molecule has 3 aromatic rings. The molecule has 6 nitrogen and oxygen atoms in total. The molecule has 152 valence electrons. The summed E-state index contributed by atoms with van der Waals surface area (Å²) in [6.45, 7) is 7.09. The van der Waals surface area contributed by atoms with Crippen LogP contribution < -0.4 is 10.1 Å². The summed E-state index contributed by atoms with van der Waals surface area (Å²) >= 11 is 6.02. The Bertz CT molecular complexity index is 1020. The third-order valence-corrected chi connectivity index (χ3v) is 5.01. The van der Waals surface area contributed by atoms with E-state index in [1.54, 1.807) is 6.92 Å². The van der Waals surface area contributed by atoms with Crippen LogP contribution in [0.1, 0.15) is 39.8 Å². The van der Waals surface area contributed by atoms with Crippen molar-refractivity contribution in [3.63, 3.8) is 0 Å². The molecule has 0 saturated heterocycles. The maximum atomic E-state index is 12.6.